The van der Waals surface area contributed by atoms with Crippen LogP contribution >= 0.6 is 0 Å². The fraction of sp³-hybridized carbons (Fsp3) is 0.154. The third-order valence-electron chi connectivity index (χ3n) is 5.36. The Balaban J connectivity index is 1.78. The van der Waals surface area contributed by atoms with Crippen LogP contribution in [0.2, 0.25) is 0 Å². The zero-order valence-electron chi connectivity index (χ0n) is 17.4. The van der Waals surface area contributed by atoms with Gasteiger partial charge in [0.05, 0.1) is 12.2 Å². The second kappa shape index (κ2) is 9.30. The van der Waals surface area contributed by atoms with Crippen molar-refractivity contribution in [1.29, 1.82) is 0 Å². The van der Waals surface area contributed by atoms with Crippen LogP contribution in [0.3, 0.4) is 0 Å². The van der Waals surface area contributed by atoms with Gasteiger partial charge in [0, 0.05) is 30.3 Å². The molecule has 156 valence electrons. The largest absolute Gasteiger partial charge is 0.354 e. The van der Waals surface area contributed by atoms with Gasteiger partial charge in [-0.1, -0.05) is 78.9 Å². The molecule has 0 spiro atoms. The lowest BCUT2D eigenvalue weighted by atomic mass is 9.87. The quantitative estimate of drug-likeness (QED) is 0.426. The molecule has 1 heterocycles. The minimum atomic E-state index is -0.224. The number of nitrogens with one attached hydrogen (secondary N) is 3. The predicted molar refractivity (Wildman–Crippen MR) is 124 cm³/mol. The fourth-order valence-corrected chi connectivity index (χ4v) is 3.91. The number of hydrogen-bond donors (Lipinski definition) is 3. The maximum absolute atomic E-state index is 12.3. The van der Waals surface area contributed by atoms with E-state index in [4.69, 9.17) is 0 Å². The Labute approximate surface area is 181 Å². The van der Waals surface area contributed by atoms with E-state index in [-0.39, 0.29) is 24.3 Å². The molecule has 31 heavy (non-hydrogen) atoms. The van der Waals surface area contributed by atoms with Gasteiger partial charge in [0.2, 0.25) is 11.8 Å². The van der Waals surface area contributed by atoms with Crippen molar-refractivity contribution in [1.82, 2.24) is 15.6 Å². The van der Waals surface area contributed by atoms with Gasteiger partial charge in [0.15, 0.2) is 0 Å². The molecule has 3 aromatic carbocycles. The van der Waals surface area contributed by atoms with Crippen LogP contribution in [0.15, 0.2) is 84.9 Å². The van der Waals surface area contributed by atoms with Crippen LogP contribution in [0.1, 0.15) is 24.0 Å². The number of H-pyrrole nitrogens is 1. The Bertz CT molecular complexity index is 1180. The summed E-state index contributed by atoms with van der Waals surface area (Å²) in [7, 11) is 0. The number of carbonyl (C=O) groups is 2. The first-order valence-electron chi connectivity index (χ1n) is 10.4. The normalized spacial score (nSPS) is 11.8. The molecule has 0 aliphatic rings. The Morgan fingerprint density at radius 1 is 0.839 bits per heavy atom. The number of hydrogen-bond acceptors (Lipinski definition) is 2. The fourth-order valence-electron chi connectivity index (χ4n) is 3.91. The van der Waals surface area contributed by atoms with Crippen molar-refractivity contribution in [2.45, 2.75) is 12.8 Å². The van der Waals surface area contributed by atoms with Gasteiger partial charge in [-0.15, -0.1) is 0 Å². The molecule has 0 fully saturated rings. The molecule has 0 aliphatic heterocycles. The smallest absolute Gasteiger partial charge is 0.239 e. The molecule has 2 amide bonds. The van der Waals surface area contributed by atoms with Gasteiger partial charge < -0.3 is 15.6 Å². The number of aromatic amines is 1. The van der Waals surface area contributed by atoms with E-state index in [0.717, 1.165) is 33.3 Å². The molecule has 5 nitrogen and oxygen atoms in total. The van der Waals surface area contributed by atoms with E-state index in [1.807, 2.05) is 48.5 Å². The number of para-hydroxylation sites is 1. The summed E-state index contributed by atoms with van der Waals surface area (Å²) in [6, 6.07) is 28.7. The van der Waals surface area contributed by atoms with Crippen LogP contribution < -0.4 is 10.6 Å². The van der Waals surface area contributed by atoms with Crippen LogP contribution in [0.25, 0.3) is 22.2 Å². The van der Waals surface area contributed by atoms with Crippen molar-refractivity contribution in [3.8, 4) is 11.3 Å². The van der Waals surface area contributed by atoms with Gasteiger partial charge in [-0.3, -0.25) is 9.59 Å². The summed E-state index contributed by atoms with van der Waals surface area (Å²) in [5.41, 5.74) is 5.46. The SMILES string of the molecule is CC(=O)NCC(=O)NCC(c1ccccc1)c1c(-c2ccccc2)[nH]c2ccccc12. The first-order valence-corrected chi connectivity index (χ1v) is 10.4. The highest BCUT2D eigenvalue weighted by molar-refractivity contribution is 5.92. The third kappa shape index (κ3) is 4.67. The predicted octanol–water partition coefficient (Wildman–Crippen LogP) is 4.22. The van der Waals surface area contributed by atoms with Crippen LogP contribution in [-0.4, -0.2) is 29.9 Å². The average Bonchev–Trinajstić information content (AvgIpc) is 3.19. The number of rotatable bonds is 7. The highest BCUT2D eigenvalue weighted by Gasteiger charge is 2.23. The number of benzene rings is 3. The first-order chi connectivity index (χ1) is 15.1. The lowest BCUT2D eigenvalue weighted by molar-refractivity contribution is -0.125. The van der Waals surface area contributed by atoms with E-state index < -0.39 is 0 Å². The topological polar surface area (TPSA) is 74.0 Å². The molecule has 0 saturated carbocycles. The Morgan fingerprint density at radius 3 is 2.19 bits per heavy atom. The molecule has 3 N–H and O–H groups in total. The molecule has 0 aliphatic carbocycles. The zero-order valence-corrected chi connectivity index (χ0v) is 17.4. The van der Waals surface area contributed by atoms with Gasteiger partial charge in [0.25, 0.3) is 0 Å². The van der Waals surface area contributed by atoms with E-state index >= 15 is 0 Å². The molecule has 5 heteroatoms. The summed E-state index contributed by atoms with van der Waals surface area (Å²) in [4.78, 5) is 27.1. The molecule has 0 radical (unpaired) electrons. The lowest BCUT2D eigenvalue weighted by Crippen LogP contribution is -2.38. The third-order valence-corrected chi connectivity index (χ3v) is 5.36. The highest BCUT2D eigenvalue weighted by atomic mass is 16.2. The summed E-state index contributed by atoms with van der Waals surface area (Å²) in [6.07, 6.45) is 0. The summed E-state index contributed by atoms with van der Waals surface area (Å²) in [5, 5.41) is 6.68. The average molecular weight is 412 g/mol. The minimum Gasteiger partial charge on any atom is -0.354 e. The number of amides is 2. The molecular formula is C26H25N3O2. The van der Waals surface area contributed by atoms with Crippen LogP contribution in [0, 0.1) is 0 Å². The van der Waals surface area contributed by atoms with Gasteiger partial charge in [-0.05, 0) is 22.8 Å². The summed E-state index contributed by atoms with van der Waals surface area (Å²) in [6.45, 7) is 1.79. The van der Waals surface area contributed by atoms with E-state index in [1.54, 1.807) is 0 Å². The standard InChI is InChI=1S/C26H25N3O2/c1-18(30)27-17-24(31)28-16-22(19-10-4-2-5-11-19)25-21-14-8-9-15-23(21)29-26(25)20-12-6-3-7-13-20/h2-15,22,29H,16-17H2,1H3,(H,27,30)(H,28,31). The Hall–Kier alpha value is -3.86. The van der Waals surface area contributed by atoms with Crippen molar-refractivity contribution < 1.29 is 9.59 Å². The van der Waals surface area contributed by atoms with E-state index in [1.165, 1.54) is 6.92 Å². The van der Waals surface area contributed by atoms with Crippen molar-refractivity contribution in [2.75, 3.05) is 13.1 Å². The number of aromatic nitrogens is 1. The second-order valence-electron chi connectivity index (χ2n) is 7.50. The molecule has 1 aromatic heterocycles. The maximum atomic E-state index is 12.3. The first kappa shape index (κ1) is 20.4. The van der Waals surface area contributed by atoms with Crippen molar-refractivity contribution in [3.63, 3.8) is 0 Å². The number of fused-ring (bicyclic) bond motifs is 1. The Morgan fingerprint density at radius 2 is 1.48 bits per heavy atom. The molecule has 1 unspecified atom stereocenters. The van der Waals surface area contributed by atoms with Crippen molar-refractivity contribution in [3.05, 3.63) is 96.1 Å². The van der Waals surface area contributed by atoms with E-state index in [9.17, 15) is 9.59 Å². The molecular weight excluding hydrogens is 386 g/mol. The van der Waals surface area contributed by atoms with Crippen molar-refractivity contribution in [2.24, 2.45) is 0 Å². The summed E-state index contributed by atoms with van der Waals surface area (Å²) in [5.74, 6) is -0.496. The molecule has 4 rings (SSSR count). The second-order valence-corrected chi connectivity index (χ2v) is 7.50. The van der Waals surface area contributed by atoms with Crippen molar-refractivity contribution >= 4 is 22.7 Å². The highest BCUT2D eigenvalue weighted by Crippen LogP contribution is 2.38. The molecule has 4 aromatic rings. The molecule has 0 saturated heterocycles. The zero-order chi connectivity index (χ0) is 21.6. The maximum Gasteiger partial charge on any atom is 0.239 e. The van der Waals surface area contributed by atoms with Gasteiger partial charge >= 0.3 is 0 Å². The lowest BCUT2D eigenvalue weighted by Gasteiger charge is -2.20. The molecule has 0 bridgehead atoms. The minimum absolute atomic E-state index is 0.0315. The van der Waals surface area contributed by atoms with Crippen LogP contribution in [0.5, 0.6) is 0 Å². The van der Waals surface area contributed by atoms with Gasteiger partial charge in [-0.25, -0.2) is 0 Å². The van der Waals surface area contributed by atoms with Crippen LogP contribution in [-0.2, 0) is 9.59 Å². The van der Waals surface area contributed by atoms with Gasteiger partial charge in [0.1, 0.15) is 0 Å². The monoisotopic (exact) mass is 411 g/mol. The van der Waals surface area contributed by atoms with E-state index in [2.05, 4.69) is 52.0 Å². The van der Waals surface area contributed by atoms with E-state index in [0.29, 0.717) is 6.54 Å². The molecule has 1 atom stereocenters. The summed E-state index contributed by atoms with van der Waals surface area (Å²) >= 11 is 0. The van der Waals surface area contributed by atoms with Crippen LogP contribution in [0.4, 0.5) is 0 Å². The number of carbonyl (C=O) groups excluding carboxylic acids is 2. The Kier molecular flexibility index (Phi) is 6.13. The van der Waals surface area contributed by atoms with Gasteiger partial charge in [-0.2, -0.15) is 0 Å². The summed E-state index contributed by atoms with van der Waals surface area (Å²) < 4.78 is 0.